The zero-order valence-electron chi connectivity index (χ0n) is 7.18. The zero-order chi connectivity index (χ0) is 10.1. The normalized spacial score (nSPS) is 16.4. The molecule has 0 aromatic heterocycles. The lowest BCUT2D eigenvalue weighted by Crippen LogP contribution is -2.13. The fourth-order valence-corrected chi connectivity index (χ4v) is 2.08. The zero-order valence-corrected chi connectivity index (χ0v) is 8.96. The van der Waals surface area contributed by atoms with Gasteiger partial charge in [-0.05, 0) is 28.8 Å². The second kappa shape index (κ2) is 3.69. The molecule has 0 aliphatic heterocycles. The predicted molar refractivity (Wildman–Crippen MR) is 55.2 cm³/mol. The van der Waals surface area contributed by atoms with Crippen molar-refractivity contribution in [3.63, 3.8) is 0 Å². The summed E-state index contributed by atoms with van der Waals surface area (Å²) >= 11 is 0. The van der Waals surface area contributed by atoms with E-state index in [2.05, 4.69) is 0 Å². The van der Waals surface area contributed by atoms with E-state index in [-0.39, 0.29) is 0 Å². The number of rotatable bonds is 2. The van der Waals surface area contributed by atoms with E-state index in [9.17, 15) is 9.13 Å². The van der Waals surface area contributed by atoms with Gasteiger partial charge in [-0.1, -0.05) is 0 Å². The van der Waals surface area contributed by atoms with Gasteiger partial charge in [-0.2, -0.15) is 0 Å². The Morgan fingerprint density at radius 1 is 1.31 bits per heavy atom. The summed E-state index contributed by atoms with van der Waals surface area (Å²) in [5.41, 5.74) is 10.6. The number of hydrogen-bond donors (Lipinski definition) is 2. The second-order valence-electron chi connectivity index (χ2n) is 2.83. The van der Waals surface area contributed by atoms with E-state index in [0.29, 0.717) is 10.6 Å². The quantitative estimate of drug-likeness (QED) is 0.706. The van der Waals surface area contributed by atoms with Gasteiger partial charge in [0.1, 0.15) is 0 Å². The van der Waals surface area contributed by atoms with E-state index in [1.54, 1.807) is 24.3 Å². The van der Waals surface area contributed by atoms with Crippen LogP contribution in [0.3, 0.4) is 0 Å². The highest BCUT2D eigenvalue weighted by Gasteiger charge is 2.16. The molecule has 4 N–H and O–H groups in total. The number of hydrogen-bond acceptors (Lipinski definition) is 2. The van der Waals surface area contributed by atoms with E-state index < -0.39 is 15.2 Å². The van der Waals surface area contributed by atoms with Crippen molar-refractivity contribution < 1.29 is 9.13 Å². The first-order valence-electron chi connectivity index (χ1n) is 3.60. The minimum absolute atomic E-state index is 0.534. The average molecular weight is 217 g/mol. The van der Waals surface area contributed by atoms with Crippen molar-refractivity contribution in [3.8, 4) is 0 Å². The summed E-state index contributed by atoms with van der Waals surface area (Å²) in [5, 5.41) is 1.10. The van der Waals surface area contributed by atoms with Crippen LogP contribution in [0.4, 0.5) is 0 Å². The molecule has 2 atom stereocenters. The van der Waals surface area contributed by atoms with E-state index in [1.165, 1.54) is 6.66 Å². The molecule has 1 aromatic carbocycles. The summed E-state index contributed by atoms with van der Waals surface area (Å²) in [4.78, 5) is 0. The van der Waals surface area contributed by atoms with Gasteiger partial charge >= 0.3 is 7.95 Å². The fourth-order valence-electron chi connectivity index (χ4n) is 0.896. The third kappa shape index (κ3) is 2.71. The first-order chi connectivity index (χ1) is 5.91. The van der Waals surface area contributed by atoms with Crippen molar-refractivity contribution >= 4 is 25.9 Å². The molecule has 0 bridgehead atoms. The highest BCUT2D eigenvalue weighted by molar-refractivity contribution is 7.68. The van der Waals surface area contributed by atoms with Crippen LogP contribution in [0.1, 0.15) is 0 Å². The standard InChI is InChI=1S/C7H11N2O2P2/c1-13(9,11)7-4-2-6(3-5-7)12(8)10/h2-5H,1H3,(H2,8,10)(H2,9,11)/q+1. The van der Waals surface area contributed by atoms with Crippen LogP contribution in [0.15, 0.2) is 24.3 Å². The average Bonchev–Trinajstić information content (AvgIpc) is 2.03. The lowest BCUT2D eigenvalue weighted by atomic mass is 10.4. The summed E-state index contributed by atoms with van der Waals surface area (Å²) in [6, 6.07) is 6.35. The highest BCUT2D eigenvalue weighted by Crippen LogP contribution is 2.28. The maximum atomic E-state index is 11.4. The predicted octanol–water partition coefficient (Wildman–Crippen LogP) is 0.505. The van der Waals surface area contributed by atoms with Crippen molar-refractivity contribution in [3.05, 3.63) is 24.3 Å². The third-order valence-corrected chi connectivity index (χ3v) is 3.75. The van der Waals surface area contributed by atoms with Gasteiger partial charge in [-0.25, -0.2) is 0 Å². The molecule has 0 heterocycles. The molecule has 0 aliphatic carbocycles. The van der Waals surface area contributed by atoms with E-state index in [1.807, 2.05) is 0 Å². The molecule has 0 spiro atoms. The second-order valence-corrected chi connectivity index (χ2v) is 6.50. The topological polar surface area (TPSA) is 86.2 Å². The molecule has 0 radical (unpaired) electrons. The van der Waals surface area contributed by atoms with E-state index >= 15 is 0 Å². The first kappa shape index (κ1) is 10.6. The molecule has 70 valence electrons. The highest BCUT2D eigenvalue weighted by atomic mass is 31.2. The smallest absolute Gasteiger partial charge is 0.302 e. The van der Waals surface area contributed by atoms with Crippen molar-refractivity contribution in [1.29, 1.82) is 0 Å². The van der Waals surface area contributed by atoms with Crippen LogP contribution in [0.25, 0.3) is 0 Å². The first-order valence-corrected chi connectivity index (χ1v) is 7.15. The number of nitrogens with two attached hydrogens (primary N) is 2. The summed E-state index contributed by atoms with van der Waals surface area (Å²) in [6.45, 7) is 1.48. The van der Waals surface area contributed by atoms with Gasteiger partial charge in [0, 0.05) is 12.0 Å². The van der Waals surface area contributed by atoms with Gasteiger partial charge in [0.05, 0.1) is 0 Å². The van der Waals surface area contributed by atoms with Gasteiger partial charge in [-0.3, -0.25) is 5.50 Å². The molecular formula is C7H11N2O2P2+. The van der Waals surface area contributed by atoms with Crippen LogP contribution >= 0.6 is 15.2 Å². The summed E-state index contributed by atoms with van der Waals surface area (Å²) < 4.78 is 22.2. The molecule has 13 heavy (non-hydrogen) atoms. The Labute approximate surface area is 77.6 Å². The molecule has 1 aromatic rings. The monoisotopic (exact) mass is 217 g/mol. The minimum Gasteiger partial charge on any atom is -0.302 e. The summed E-state index contributed by atoms with van der Waals surface area (Å²) in [7, 11) is -4.53. The van der Waals surface area contributed by atoms with Crippen molar-refractivity contribution in [1.82, 2.24) is 0 Å². The van der Waals surface area contributed by atoms with Gasteiger partial charge in [0.2, 0.25) is 5.30 Å². The summed E-state index contributed by atoms with van der Waals surface area (Å²) in [5.74, 6) is 0. The van der Waals surface area contributed by atoms with E-state index in [0.717, 1.165) is 0 Å². The molecule has 0 saturated heterocycles. The largest absolute Gasteiger partial charge is 0.468 e. The maximum Gasteiger partial charge on any atom is 0.468 e. The Morgan fingerprint density at radius 2 is 1.77 bits per heavy atom. The molecular weight excluding hydrogens is 206 g/mol. The Bertz CT molecular complexity index is 369. The third-order valence-electron chi connectivity index (χ3n) is 1.62. The Kier molecular flexibility index (Phi) is 2.99. The SMILES string of the molecule is CP(N)(=O)c1ccc([P+](N)=O)cc1. The Hall–Kier alpha value is -0.530. The van der Waals surface area contributed by atoms with Crippen LogP contribution in [-0.2, 0) is 9.13 Å². The molecule has 2 unspecified atom stereocenters. The lowest BCUT2D eigenvalue weighted by molar-refractivity contribution is 0.585. The molecule has 4 nitrogen and oxygen atoms in total. The molecule has 0 saturated carbocycles. The van der Waals surface area contributed by atoms with E-state index in [4.69, 9.17) is 11.0 Å². The van der Waals surface area contributed by atoms with Crippen molar-refractivity contribution in [2.45, 2.75) is 0 Å². The van der Waals surface area contributed by atoms with Crippen molar-refractivity contribution in [2.75, 3.05) is 6.66 Å². The lowest BCUT2D eigenvalue weighted by Gasteiger charge is -2.04. The van der Waals surface area contributed by atoms with Gasteiger partial charge in [0.25, 0.3) is 0 Å². The van der Waals surface area contributed by atoms with Gasteiger partial charge < -0.3 is 4.57 Å². The molecule has 0 amide bonds. The molecule has 0 fully saturated rings. The fraction of sp³-hybridized carbons (Fsp3) is 0.143. The van der Waals surface area contributed by atoms with Gasteiger partial charge in [-0.15, -0.1) is 5.50 Å². The maximum absolute atomic E-state index is 11.4. The van der Waals surface area contributed by atoms with Crippen molar-refractivity contribution in [2.24, 2.45) is 11.0 Å². The summed E-state index contributed by atoms with van der Waals surface area (Å²) in [6.07, 6.45) is 0. The van der Waals surface area contributed by atoms with Crippen LogP contribution in [-0.4, -0.2) is 6.66 Å². The van der Waals surface area contributed by atoms with Crippen LogP contribution in [0.2, 0.25) is 0 Å². The minimum atomic E-state index is -2.70. The van der Waals surface area contributed by atoms with Gasteiger partial charge in [0.15, 0.2) is 7.29 Å². The number of benzene rings is 1. The molecule has 1 rings (SSSR count). The Morgan fingerprint density at radius 3 is 2.08 bits per heavy atom. The molecule has 6 heteroatoms. The van der Waals surface area contributed by atoms with Crippen LogP contribution in [0.5, 0.6) is 0 Å². The van der Waals surface area contributed by atoms with Crippen LogP contribution < -0.4 is 21.6 Å². The Balaban J connectivity index is 3.08. The molecule has 0 aliphatic rings. The van der Waals surface area contributed by atoms with Crippen LogP contribution in [0, 0.1) is 0 Å².